The first-order chi connectivity index (χ1) is 13.6. The second kappa shape index (κ2) is 11.9. The van der Waals surface area contributed by atoms with E-state index in [1.54, 1.807) is 0 Å². The number of amides is 1. The molecule has 29 heavy (non-hydrogen) atoms. The molecule has 8 N–H and O–H groups in total. The summed E-state index contributed by atoms with van der Waals surface area (Å²) < 4.78 is 37.4. The van der Waals surface area contributed by atoms with Gasteiger partial charge in [-0.2, -0.15) is 13.4 Å². The van der Waals surface area contributed by atoms with Crippen molar-refractivity contribution < 1.29 is 22.5 Å². The molecule has 162 valence electrons. The smallest absolute Gasteiger partial charge is 0.411 e. The van der Waals surface area contributed by atoms with Crippen LogP contribution in [0.3, 0.4) is 0 Å². The average molecular weight is 429 g/mol. The van der Waals surface area contributed by atoms with Gasteiger partial charge >= 0.3 is 6.09 Å². The maximum Gasteiger partial charge on any atom is 0.411 e. The Labute approximate surface area is 170 Å². The number of rotatable bonds is 10. The maximum atomic E-state index is 11.9. The first kappa shape index (κ1) is 24.2. The van der Waals surface area contributed by atoms with Crippen LogP contribution in [0, 0.1) is 0 Å². The molecule has 0 saturated carbocycles. The molecule has 1 rings (SSSR count). The zero-order chi connectivity index (χ0) is 21.9. The average Bonchev–Trinajstić information content (AvgIpc) is 2.59. The van der Waals surface area contributed by atoms with Gasteiger partial charge in [-0.25, -0.2) is 9.79 Å². The quantitative estimate of drug-likeness (QED) is 0.161. The lowest BCUT2D eigenvalue weighted by atomic mass is 10.1. The minimum absolute atomic E-state index is 0.182. The zero-order valence-electron chi connectivity index (χ0n) is 16.3. The van der Waals surface area contributed by atoms with Crippen molar-refractivity contribution in [3.05, 3.63) is 18.2 Å². The fraction of sp³-hybridized carbons (Fsp3) is 0.471. The van der Waals surface area contributed by atoms with E-state index >= 15 is 0 Å². The Morgan fingerprint density at radius 2 is 1.79 bits per heavy atom. The van der Waals surface area contributed by atoms with Crippen LogP contribution in [-0.4, -0.2) is 37.6 Å². The molecule has 1 amide bonds. The van der Waals surface area contributed by atoms with Crippen LogP contribution in [-0.2, 0) is 14.9 Å². The summed E-state index contributed by atoms with van der Waals surface area (Å²) in [6.45, 7) is 2.41. The van der Waals surface area contributed by atoms with Crippen LogP contribution in [0.1, 0.15) is 45.4 Å². The van der Waals surface area contributed by atoms with Crippen molar-refractivity contribution in [1.29, 1.82) is 0 Å². The number of ether oxygens (including phenoxy) is 1. The van der Waals surface area contributed by atoms with Crippen molar-refractivity contribution in [2.24, 2.45) is 27.2 Å². The molecule has 0 atom stereocenters. The van der Waals surface area contributed by atoms with Crippen LogP contribution in [0.4, 0.5) is 16.2 Å². The molecule has 0 bridgehead atoms. The second-order valence-corrected chi connectivity index (χ2v) is 7.58. The van der Waals surface area contributed by atoms with Gasteiger partial charge in [-0.1, -0.05) is 39.0 Å². The van der Waals surface area contributed by atoms with Crippen LogP contribution in [0.15, 0.2) is 33.1 Å². The van der Waals surface area contributed by atoms with Crippen LogP contribution in [0.5, 0.6) is 0 Å². The third-order valence-corrected chi connectivity index (χ3v) is 4.59. The van der Waals surface area contributed by atoms with E-state index in [4.69, 9.17) is 21.9 Å². The van der Waals surface area contributed by atoms with Crippen molar-refractivity contribution >= 4 is 39.5 Å². The molecule has 0 aliphatic heterocycles. The summed E-state index contributed by atoms with van der Waals surface area (Å²) in [5, 5.41) is 2.45. The fourth-order valence-corrected chi connectivity index (χ4v) is 2.99. The highest BCUT2D eigenvalue weighted by molar-refractivity contribution is 7.86. The van der Waals surface area contributed by atoms with Gasteiger partial charge in [-0.15, -0.1) is 0 Å². The molecule has 0 spiro atoms. The van der Waals surface area contributed by atoms with Crippen LogP contribution < -0.4 is 22.5 Å². The van der Waals surface area contributed by atoms with E-state index in [9.17, 15) is 17.8 Å². The number of hydrogen-bond donors (Lipinski definition) is 5. The van der Waals surface area contributed by atoms with Gasteiger partial charge in [-0.05, 0) is 24.6 Å². The number of nitrogens with one attached hydrogen (secondary N) is 1. The summed E-state index contributed by atoms with van der Waals surface area (Å²) in [6.07, 6.45) is 5.63. The number of unbranched alkanes of at least 4 members (excludes halogenated alkanes) is 5. The molecule has 0 saturated heterocycles. The summed E-state index contributed by atoms with van der Waals surface area (Å²) in [4.78, 5) is 18.6. The van der Waals surface area contributed by atoms with Crippen LogP contribution in [0.2, 0.25) is 0 Å². The number of anilines is 1. The Balaban J connectivity index is 2.79. The highest BCUT2D eigenvalue weighted by Gasteiger charge is 2.17. The van der Waals surface area contributed by atoms with E-state index in [1.165, 1.54) is 25.0 Å². The molecule has 11 nitrogen and oxygen atoms in total. The van der Waals surface area contributed by atoms with E-state index in [0.717, 1.165) is 31.7 Å². The van der Waals surface area contributed by atoms with E-state index in [2.05, 4.69) is 22.2 Å². The maximum absolute atomic E-state index is 11.9. The highest BCUT2D eigenvalue weighted by Crippen LogP contribution is 2.28. The molecule has 0 aliphatic carbocycles. The molecule has 12 heteroatoms. The van der Waals surface area contributed by atoms with E-state index < -0.39 is 27.1 Å². The number of carbonyl (C=O) groups is 1. The molecule has 0 radical (unpaired) electrons. The molecule has 0 heterocycles. The normalized spacial score (nSPS) is 11.7. The highest BCUT2D eigenvalue weighted by atomic mass is 32.2. The van der Waals surface area contributed by atoms with E-state index in [1.807, 2.05) is 0 Å². The van der Waals surface area contributed by atoms with Crippen molar-refractivity contribution in [2.75, 3.05) is 11.9 Å². The molecule has 0 unspecified atom stereocenters. The Kier molecular flexibility index (Phi) is 9.89. The Hall–Kier alpha value is -2.86. The van der Waals surface area contributed by atoms with Gasteiger partial charge in [-0.3, -0.25) is 9.87 Å². The number of hydrogen-bond acceptors (Lipinski definition) is 5. The van der Waals surface area contributed by atoms with Gasteiger partial charge in [0.1, 0.15) is 4.90 Å². The van der Waals surface area contributed by atoms with Crippen LogP contribution >= 0.6 is 0 Å². The summed E-state index contributed by atoms with van der Waals surface area (Å²) in [5.41, 5.74) is 15.8. The topological polar surface area (TPSA) is 195 Å². The van der Waals surface area contributed by atoms with Crippen molar-refractivity contribution in [3.63, 3.8) is 0 Å². The zero-order valence-corrected chi connectivity index (χ0v) is 17.1. The Morgan fingerprint density at radius 1 is 1.14 bits per heavy atom. The number of nitrogens with zero attached hydrogens (tertiary/aromatic N) is 2. The number of guanidine groups is 2. The summed E-state index contributed by atoms with van der Waals surface area (Å²) in [7, 11) is -4.60. The molecule has 0 fully saturated rings. The van der Waals surface area contributed by atoms with Gasteiger partial charge in [0, 0.05) is 5.69 Å². The predicted octanol–water partition coefficient (Wildman–Crippen LogP) is 2.06. The lowest BCUT2D eigenvalue weighted by Crippen LogP contribution is -2.26. The lowest BCUT2D eigenvalue weighted by molar-refractivity contribution is 0.159. The molecular weight excluding hydrogens is 400 g/mol. The van der Waals surface area contributed by atoms with Gasteiger partial charge in [0.05, 0.1) is 12.3 Å². The van der Waals surface area contributed by atoms with Gasteiger partial charge in [0.25, 0.3) is 10.1 Å². The molecule has 0 aromatic heterocycles. The molecule has 1 aromatic carbocycles. The monoisotopic (exact) mass is 428 g/mol. The van der Waals surface area contributed by atoms with E-state index in [0.29, 0.717) is 0 Å². The number of carbonyl (C=O) groups excluding carboxylic acids is 1. The van der Waals surface area contributed by atoms with Crippen molar-refractivity contribution in [3.8, 4) is 0 Å². The number of benzene rings is 1. The fourth-order valence-electron chi connectivity index (χ4n) is 2.38. The largest absolute Gasteiger partial charge is 0.449 e. The number of aliphatic imine (C=N–C) groups is 2. The summed E-state index contributed by atoms with van der Waals surface area (Å²) >= 11 is 0. The predicted molar refractivity (Wildman–Crippen MR) is 112 cm³/mol. The lowest BCUT2D eigenvalue weighted by Gasteiger charge is -2.09. The minimum Gasteiger partial charge on any atom is -0.449 e. The standard InChI is InChI=1S/C17H28N6O5S/c1-2-3-4-5-6-7-10-28-17(24)21-12-8-9-14(29(25,26)27)13(11-12)22-16(20)23-15(18)19/h8-9,11H,2-7,10H2,1H3,(H,21,24)(H,25,26,27)(H6,18,19,20,22,23). The molecule has 1 aromatic rings. The van der Waals surface area contributed by atoms with Gasteiger partial charge in [0.2, 0.25) is 5.96 Å². The Morgan fingerprint density at radius 3 is 2.41 bits per heavy atom. The second-order valence-electron chi connectivity index (χ2n) is 6.19. The molecule has 0 aliphatic rings. The van der Waals surface area contributed by atoms with Gasteiger partial charge in [0.15, 0.2) is 5.96 Å². The summed E-state index contributed by atoms with van der Waals surface area (Å²) in [6, 6.07) is 3.51. The van der Waals surface area contributed by atoms with Crippen molar-refractivity contribution in [2.45, 2.75) is 50.3 Å². The third-order valence-electron chi connectivity index (χ3n) is 3.69. The van der Waals surface area contributed by atoms with Crippen molar-refractivity contribution in [1.82, 2.24) is 0 Å². The first-order valence-corrected chi connectivity index (χ1v) is 10.6. The van der Waals surface area contributed by atoms with E-state index in [-0.39, 0.29) is 23.9 Å². The van der Waals surface area contributed by atoms with Gasteiger partial charge < -0.3 is 21.9 Å². The minimum atomic E-state index is -4.60. The van der Waals surface area contributed by atoms with Crippen LogP contribution in [0.25, 0.3) is 0 Å². The summed E-state index contributed by atoms with van der Waals surface area (Å²) in [5.74, 6) is -0.815. The molecular formula is C17H28N6O5S. The third kappa shape index (κ3) is 9.76. The SMILES string of the molecule is CCCCCCCCOC(=O)Nc1ccc(S(=O)(=O)O)c(N=C(N)N=C(N)N)c1. The Bertz CT molecular complexity index is 850. The number of nitrogens with two attached hydrogens (primary N) is 3. The first-order valence-electron chi connectivity index (χ1n) is 9.12.